The van der Waals surface area contributed by atoms with Crippen LogP contribution in [0.3, 0.4) is 0 Å². The van der Waals surface area contributed by atoms with Gasteiger partial charge in [-0.2, -0.15) is 0 Å². The first-order valence-corrected chi connectivity index (χ1v) is 26.4. The normalized spacial score (nSPS) is 28.9. The number of hydrogen-bond donors (Lipinski definition) is 3. The molecule has 8 heterocycles. The molecule has 3 N–H and O–H groups in total. The number of likely N-dealkylation sites (tertiary alicyclic amines) is 2. The molecule has 7 atom stereocenters. The number of carbonyl (C=O) groups is 4. The Labute approximate surface area is 404 Å². The van der Waals surface area contributed by atoms with Crippen molar-refractivity contribution in [2.75, 3.05) is 46.4 Å². The van der Waals surface area contributed by atoms with Crippen LogP contribution in [0, 0.1) is 16.7 Å². The average molecular weight is 950 g/mol. The number of hydrazine groups is 1. The van der Waals surface area contributed by atoms with Crippen LogP contribution in [0.2, 0.25) is 0 Å². The Hall–Kier alpha value is -4.48. The molecule has 1 spiro atoms. The van der Waals surface area contributed by atoms with Crippen molar-refractivity contribution in [1.82, 2.24) is 40.4 Å². The fourth-order valence-electron chi connectivity index (χ4n) is 12.4. The molecule has 3 amide bonds. The minimum absolute atomic E-state index is 0.0355. The van der Waals surface area contributed by atoms with Gasteiger partial charge in [0.05, 0.1) is 40.8 Å². The number of rotatable bonds is 9. The maximum absolute atomic E-state index is 15.0. The topological polar surface area (TPSA) is 173 Å². The van der Waals surface area contributed by atoms with Gasteiger partial charge in [0.2, 0.25) is 11.8 Å². The third-order valence-corrected chi connectivity index (χ3v) is 17.1. The minimum Gasteiger partial charge on any atom is -0.464 e. The standard InChI is InChI=1S/C52H71N9O6S/c1-7-60-41-17-16-34-24-36(41)37(46(60)35-14-10-20-53-44(35)32(3)66-6)26-51(4,5)30-67-50(65)38-15-11-21-61(57-38)48(63)39(25-42-55-40(34)27-68-42)56-47(62)45(33-12-8-9-13-33)58-22-18-52(28-58)19-23-59(29-52)49(64)43-31(2)54-43/h16-17,20,24,27,31-33,38-39,43,45,54,57H,7-15,18-19,21-23,25-26,28-30H2,1-6H3,(H,56,62)/t31-,32+,38+,39+,43-,45+,52+/m1/s1. The summed E-state index contributed by atoms with van der Waals surface area (Å²) in [5.41, 5.74) is 10.2. The Balaban J connectivity index is 0.985. The van der Waals surface area contributed by atoms with Crippen molar-refractivity contribution in [3.63, 3.8) is 0 Å². The summed E-state index contributed by atoms with van der Waals surface area (Å²) in [5.74, 6) is -0.422. The first kappa shape index (κ1) is 47.2. The van der Waals surface area contributed by atoms with E-state index in [0.29, 0.717) is 25.8 Å². The Morgan fingerprint density at radius 2 is 1.87 bits per heavy atom. The first-order valence-electron chi connectivity index (χ1n) is 25.5. The first-order chi connectivity index (χ1) is 32.7. The maximum Gasteiger partial charge on any atom is 0.324 e. The fraction of sp³-hybridized carbons (Fsp3) is 0.654. The van der Waals surface area contributed by atoms with Gasteiger partial charge in [0.15, 0.2) is 0 Å². The van der Waals surface area contributed by atoms with E-state index in [9.17, 15) is 14.4 Å². The number of nitrogens with one attached hydrogen (secondary N) is 3. The maximum atomic E-state index is 15.0. The van der Waals surface area contributed by atoms with Gasteiger partial charge >= 0.3 is 5.97 Å². The highest BCUT2D eigenvalue weighted by Gasteiger charge is 2.51. The fourth-order valence-corrected chi connectivity index (χ4v) is 13.3. The number of ether oxygens (including phenoxy) is 2. The van der Waals surface area contributed by atoms with Crippen LogP contribution < -0.4 is 16.1 Å². The Morgan fingerprint density at radius 3 is 2.63 bits per heavy atom. The number of allylic oxidation sites excluding steroid dienone is 1. The molecule has 0 unspecified atom stereocenters. The summed E-state index contributed by atoms with van der Waals surface area (Å²) < 4.78 is 14.5. The van der Waals surface area contributed by atoms with Gasteiger partial charge in [-0.1, -0.05) is 32.8 Å². The number of aromatic nitrogens is 2. The summed E-state index contributed by atoms with van der Waals surface area (Å²) in [4.78, 5) is 71.7. The predicted molar refractivity (Wildman–Crippen MR) is 264 cm³/mol. The molecule has 10 rings (SSSR count). The average Bonchev–Trinajstić information content (AvgIpc) is 4.00. The third-order valence-electron chi connectivity index (χ3n) is 16.2. The lowest BCUT2D eigenvalue weighted by Gasteiger charge is -2.37. The van der Waals surface area contributed by atoms with Crippen molar-refractivity contribution < 1.29 is 28.7 Å². The van der Waals surface area contributed by atoms with E-state index in [0.717, 1.165) is 123 Å². The van der Waals surface area contributed by atoms with Gasteiger partial charge in [0.1, 0.15) is 18.1 Å². The summed E-state index contributed by atoms with van der Waals surface area (Å²) >= 11 is 1.50. The second-order valence-electron chi connectivity index (χ2n) is 21.7. The van der Waals surface area contributed by atoms with Crippen LogP contribution in [0.25, 0.3) is 27.7 Å². The van der Waals surface area contributed by atoms with Crippen LogP contribution in [0.15, 0.2) is 34.3 Å². The molecule has 1 saturated carbocycles. The molecule has 1 aromatic carbocycles. The van der Waals surface area contributed by atoms with E-state index in [1.54, 1.807) is 7.11 Å². The molecule has 2 aromatic heterocycles. The molecule has 15 nitrogen and oxygen atoms in total. The van der Waals surface area contributed by atoms with E-state index in [2.05, 4.69) is 83.7 Å². The smallest absolute Gasteiger partial charge is 0.324 e. The highest BCUT2D eigenvalue weighted by molar-refractivity contribution is 7.10. The highest BCUT2D eigenvalue weighted by atomic mass is 32.1. The van der Waals surface area contributed by atoms with Crippen LogP contribution in [0.5, 0.6) is 0 Å². The van der Waals surface area contributed by atoms with Crippen molar-refractivity contribution in [2.24, 2.45) is 21.7 Å². The monoisotopic (exact) mass is 950 g/mol. The molecule has 6 aliphatic heterocycles. The Kier molecular flexibility index (Phi) is 13.2. The number of methoxy groups -OCH3 is 1. The number of thiazole rings is 1. The number of nitrogens with zero attached hydrogens (tertiary/aromatic N) is 6. The van der Waals surface area contributed by atoms with E-state index < -0.39 is 17.5 Å². The van der Waals surface area contributed by atoms with Crippen LogP contribution in [0.4, 0.5) is 0 Å². The van der Waals surface area contributed by atoms with Gasteiger partial charge in [-0.15, -0.1) is 11.3 Å². The summed E-state index contributed by atoms with van der Waals surface area (Å²) in [6.07, 6.45) is 11.4. The number of aliphatic imine (C=N–C) groups is 1. The number of carbonyl (C=O) groups excluding carboxylic acids is 4. The molecule has 68 heavy (non-hydrogen) atoms. The zero-order chi connectivity index (χ0) is 47.5. The zero-order valence-electron chi connectivity index (χ0n) is 40.9. The Morgan fingerprint density at radius 1 is 1.07 bits per heavy atom. The quantitative estimate of drug-likeness (QED) is 0.174. The molecular weight excluding hydrogens is 879 g/mol. The number of esters is 1. The predicted octanol–water partition coefficient (Wildman–Crippen LogP) is 5.89. The SMILES string of the molecule is CCn1c(C2=C([C@H](C)OC)N=CCC2)c2c3cc(ccc31)-c1csc(n1)C[C@H](NC(=O)[C@H](C1CCCC1)N1CC[C@]3(CCN(C(=O)[C@@H]4N[C@@H]4C)C3)C1)C(=O)N1CCC[C@H](N1)C(=O)OCC(C)(C)C2. The zero-order valence-corrected chi connectivity index (χ0v) is 41.7. The van der Waals surface area contributed by atoms with Crippen LogP contribution in [-0.4, -0.2) is 137 Å². The van der Waals surface area contributed by atoms with Gasteiger partial charge in [0.25, 0.3) is 5.91 Å². The number of benzene rings is 1. The molecule has 0 radical (unpaired) electrons. The van der Waals surface area contributed by atoms with Gasteiger partial charge in [-0.25, -0.2) is 10.4 Å². The summed E-state index contributed by atoms with van der Waals surface area (Å²) in [7, 11) is 1.73. The number of cyclic esters (lactones) is 1. The summed E-state index contributed by atoms with van der Waals surface area (Å²) in [5, 5.41) is 12.1. The number of fused-ring (bicyclic) bond motifs is 6. The molecule has 3 aromatic rings. The van der Waals surface area contributed by atoms with Crippen LogP contribution in [0.1, 0.15) is 115 Å². The lowest BCUT2D eigenvalue weighted by molar-refractivity contribution is -0.155. The lowest BCUT2D eigenvalue weighted by Crippen LogP contribution is -2.62. The molecule has 6 bridgehead atoms. The van der Waals surface area contributed by atoms with E-state index in [-0.39, 0.29) is 72.3 Å². The van der Waals surface area contributed by atoms with Crippen molar-refractivity contribution in [3.8, 4) is 11.3 Å². The lowest BCUT2D eigenvalue weighted by atomic mass is 9.83. The molecule has 7 aliphatic rings. The van der Waals surface area contributed by atoms with Gasteiger partial charge in [0, 0.05) is 96.8 Å². The molecule has 1 aliphatic carbocycles. The summed E-state index contributed by atoms with van der Waals surface area (Å²) in [6.45, 7) is 15.0. The second kappa shape index (κ2) is 19.0. The molecule has 4 saturated heterocycles. The molecule has 5 fully saturated rings. The number of hydrogen-bond acceptors (Lipinski definition) is 12. The third kappa shape index (κ3) is 9.20. The van der Waals surface area contributed by atoms with E-state index >= 15 is 4.79 Å². The van der Waals surface area contributed by atoms with E-state index in [1.165, 1.54) is 27.5 Å². The minimum atomic E-state index is -0.917. The van der Waals surface area contributed by atoms with Gasteiger partial charge in [-0.3, -0.25) is 39.4 Å². The molecule has 16 heteroatoms. The largest absolute Gasteiger partial charge is 0.464 e. The van der Waals surface area contributed by atoms with Crippen molar-refractivity contribution in [1.29, 1.82) is 0 Å². The Bertz CT molecular complexity index is 2510. The van der Waals surface area contributed by atoms with Crippen molar-refractivity contribution in [3.05, 3.63) is 45.5 Å². The summed E-state index contributed by atoms with van der Waals surface area (Å²) in [6, 6.07) is 4.73. The van der Waals surface area contributed by atoms with E-state index in [4.69, 9.17) is 19.5 Å². The van der Waals surface area contributed by atoms with Crippen LogP contribution in [-0.2, 0) is 48.0 Å². The number of aryl methyl sites for hydroxylation is 1. The second-order valence-corrected chi connectivity index (χ2v) is 22.6. The van der Waals surface area contributed by atoms with Crippen molar-refractivity contribution >= 4 is 57.7 Å². The number of amides is 3. The van der Waals surface area contributed by atoms with Gasteiger partial charge in [-0.05, 0) is 109 Å². The van der Waals surface area contributed by atoms with Crippen molar-refractivity contribution in [2.45, 2.75) is 155 Å². The van der Waals surface area contributed by atoms with Crippen LogP contribution >= 0.6 is 11.3 Å². The molecule has 366 valence electrons. The van der Waals surface area contributed by atoms with Gasteiger partial charge < -0.3 is 24.3 Å². The highest BCUT2D eigenvalue weighted by Crippen LogP contribution is 2.44. The van der Waals surface area contributed by atoms with E-state index in [1.807, 2.05) is 11.1 Å². The molecular formula is C52H71N9O6S.